The number of rotatable bonds is 8. The van der Waals surface area contributed by atoms with Crippen LogP contribution in [-0.4, -0.2) is 37.8 Å². The van der Waals surface area contributed by atoms with E-state index < -0.39 is 10.0 Å². The lowest BCUT2D eigenvalue weighted by atomic mass is 10.1. The average molecular weight is 342 g/mol. The Hall–Kier alpha value is -1.34. The SMILES string of the molecule is CCCCC[C@H](C)NC(=O)c1ccc(S(=O)(=O)N2CCCC2)o1. The number of unbranched alkanes of at least 4 members (excludes halogenated alkanes) is 2. The molecule has 1 atom stereocenters. The van der Waals surface area contributed by atoms with Crippen LogP contribution >= 0.6 is 0 Å². The zero-order valence-corrected chi connectivity index (χ0v) is 14.7. The van der Waals surface area contributed by atoms with Crippen molar-refractivity contribution in [1.82, 2.24) is 9.62 Å². The number of carbonyl (C=O) groups excluding carboxylic acids is 1. The second-order valence-corrected chi connectivity index (χ2v) is 7.97. The van der Waals surface area contributed by atoms with Gasteiger partial charge in [0.15, 0.2) is 5.76 Å². The highest BCUT2D eigenvalue weighted by Crippen LogP contribution is 2.22. The van der Waals surface area contributed by atoms with Gasteiger partial charge in [0.05, 0.1) is 0 Å². The van der Waals surface area contributed by atoms with Crippen molar-refractivity contribution in [3.63, 3.8) is 0 Å². The Kier molecular flexibility index (Phi) is 6.24. The van der Waals surface area contributed by atoms with Crippen LogP contribution in [0.5, 0.6) is 0 Å². The molecule has 0 bridgehead atoms. The summed E-state index contributed by atoms with van der Waals surface area (Å²) in [5.41, 5.74) is 0. The molecular formula is C16H26N2O4S. The summed E-state index contributed by atoms with van der Waals surface area (Å²) < 4.78 is 31.4. The van der Waals surface area contributed by atoms with Crippen molar-refractivity contribution in [2.75, 3.05) is 13.1 Å². The molecular weight excluding hydrogens is 316 g/mol. The Bertz CT molecular complexity index is 618. The molecule has 1 N–H and O–H groups in total. The van der Waals surface area contributed by atoms with Gasteiger partial charge in [0, 0.05) is 19.1 Å². The van der Waals surface area contributed by atoms with E-state index in [-0.39, 0.29) is 22.8 Å². The number of carbonyl (C=O) groups is 1. The normalized spacial score (nSPS) is 17.3. The van der Waals surface area contributed by atoms with Crippen LogP contribution in [0.25, 0.3) is 0 Å². The molecule has 0 unspecified atom stereocenters. The molecule has 1 saturated heterocycles. The number of amides is 1. The molecule has 7 heteroatoms. The summed E-state index contributed by atoms with van der Waals surface area (Å²) >= 11 is 0. The zero-order chi connectivity index (χ0) is 16.9. The summed E-state index contributed by atoms with van der Waals surface area (Å²) in [5, 5.41) is 2.70. The molecule has 1 fully saturated rings. The predicted octanol–water partition coefficient (Wildman–Crippen LogP) is 2.76. The van der Waals surface area contributed by atoms with Crippen molar-refractivity contribution in [3.05, 3.63) is 17.9 Å². The maximum Gasteiger partial charge on any atom is 0.287 e. The first kappa shape index (κ1) is 18.0. The fourth-order valence-corrected chi connectivity index (χ4v) is 4.13. The molecule has 23 heavy (non-hydrogen) atoms. The molecule has 0 aromatic carbocycles. The van der Waals surface area contributed by atoms with Gasteiger partial charge in [-0.25, -0.2) is 8.42 Å². The van der Waals surface area contributed by atoms with Gasteiger partial charge in [-0.1, -0.05) is 26.2 Å². The van der Waals surface area contributed by atoms with Gasteiger partial charge in [0.2, 0.25) is 5.09 Å². The summed E-state index contributed by atoms with van der Waals surface area (Å²) in [6.45, 7) is 5.10. The molecule has 1 aromatic heterocycles. The number of nitrogens with zero attached hydrogens (tertiary/aromatic N) is 1. The van der Waals surface area contributed by atoms with Gasteiger partial charge in [-0.2, -0.15) is 4.31 Å². The second kappa shape index (κ2) is 7.97. The van der Waals surface area contributed by atoms with Crippen LogP contribution in [0.2, 0.25) is 0 Å². The molecule has 0 spiro atoms. The lowest BCUT2D eigenvalue weighted by Crippen LogP contribution is -2.32. The standard InChI is InChI=1S/C16H26N2O4S/c1-3-4-5-8-13(2)17-16(19)14-9-10-15(22-14)23(20,21)18-11-6-7-12-18/h9-10,13H,3-8,11-12H2,1-2H3,(H,17,19)/t13-/m0/s1. The van der Waals surface area contributed by atoms with Crippen LogP contribution in [0.4, 0.5) is 0 Å². The van der Waals surface area contributed by atoms with E-state index in [0.717, 1.165) is 38.5 Å². The Morgan fingerprint density at radius 3 is 2.65 bits per heavy atom. The Morgan fingerprint density at radius 2 is 2.00 bits per heavy atom. The molecule has 2 rings (SSSR count). The van der Waals surface area contributed by atoms with E-state index in [4.69, 9.17) is 4.42 Å². The first-order valence-corrected chi connectivity index (χ1v) is 9.80. The van der Waals surface area contributed by atoms with E-state index in [2.05, 4.69) is 12.2 Å². The van der Waals surface area contributed by atoms with E-state index in [1.165, 1.54) is 16.4 Å². The van der Waals surface area contributed by atoms with Gasteiger partial charge in [-0.3, -0.25) is 4.79 Å². The molecule has 2 heterocycles. The zero-order valence-electron chi connectivity index (χ0n) is 13.9. The van der Waals surface area contributed by atoms with Crippen molar-refractivity contribution < 1.29 is 17.6 Å². The molecule has 130 valence electrons. The topological polar surface area (TPSA) is 79.6 Å². The summed E-state index contributed by atoms with van der Waals surface area (Å²) in [5.74, 6) is -0.318. The maximum absolute atomic E-state index is 12.4. The quantitative estimate of drug-likeness (QED) is 0.737. The first-order valence-electron chi connectivity index (χ1n) is 8.36. The van der Waals surface area contributed by atoms with E-state index in [0.29, 0.717) is 13.1 Å². The molecule has 1 aliphatic rings. The van der Waals surface area contributed by atoms with Crippen LogP contribution < -0.4 is 5.32 Å². The molecule has 0 saturated carbocycles. The van der Waals surface area contributed by atoms with Crippen LogP contribution in [0.15, 0.2) is 21.6 Å². The molecule has 6 nitrogen and oxygen atoms in total. The summed E-state index contributed by atoms with van der Waals surface area (Å²) in [6, 6.07) is 2.83. The fourth-order valence-electron chi connectivity index (χ4n) is 2.70. The Labute approximate surface area is 138 Å². The predicted molar refractivity (Wildman–Crippen MR) is 87.8 cm³/mol. The lowest BCUT2D eigenvalue weighted by Gasteiger charge is -2.13. The van der Waals surface area contributed by atoms with Crippen molar-refractivity contribution >= 4 is 15.9 Å². The van der Waals surface area contributed by atoms with Crippen molar-refractivity contribution in [3.8, 4) is 0 Å². The molecule has 0 radical (unpaired) electrons. The van der Waals surface area contributed by atoms with Crippen LogP contribution in [0.3, 0.4) is 0 Å². The highest BCUT2D eigenvalue weighted by atomic mass is 32.2. The van der Waals surface area contributed by atoms with Crippen molar-refractivity contribution in [2.24, 2.45) is 0 Å². The van der Waals surface area contributed by atoms with Crippen LogP contribution in [-0.2, 0) is 10.0 Å². The third kappa shape index (κ3) is 4.57. The number of furan rings is 1. The van der Waals surface area contributed by atoms with Crippen LogP contribution in [0, 0.1) is 0 Å². The van der Waals surface area contributed by atoms with E-state index in [1.807, 2.05) is 6.92 Å². The van der Waals surface area contributed by atoms with Gasteiger partial charge < -0.3 is 9.73 Å². The van der Waals surface area contributed by atoms with Gasteiger partial charge in [-0.15, -0.1) is 0 Å². The highest BCUT2D eigenvalue weighted by molar-refractivity contribution is 7.89. The second-order valence-electron chi connectivity index (χ2n) is 6.10. The highest BCUT2D eigenvalue weighted by Gasteiger charge is 2.30. The fraction of sp³-hybridized carbons (Fsp3) is 0.688. The number of hydrogen-bond acceptors (Lipinski definition) is 4. The van der Waals surface area contributed by atoms with Crippen molar-refractivity contribution in [2.45, 2.75) is 63.5 Å². The van der Waals surface area contributed by atoms with Crippen molar-refractivity contribution in [1.29, 1.82) is 0 Å². The largest absolute Gasteiger partial charge is 0.438 e. The van der Waals surface area contributed by atoms with Gasteiger partial charge in [-0.05, 0) is 38.3 Å². The Balaban J connectivity index is 1.97. The molecule has 1 aliphatic heterocycles. The summed E-state index contributed by atoms with van der Waals surface area (Å²) in [6.07, 6.45) is 5.96. The lowest BCUT2D eigenvalue weighted by molar-refractivity contribution is 0.0904. The molecule has 1 amide bonds. The molecule has 0 aliphatic carbocycles. The first-order chi connectivity index (χ1) is 10.9. The third-order valence-electron chi connectivity index (χ3n) is 4.08. The third-order valence-corrected chi connectivity index (χ3v) is 5.86. The van der Waals surface area contributed by atoms with Crippen LogP contribution in [0.1, 0.15) is 62.9 Å². The maximum atomic E-state index is 12.4. The minimum atomic E-state index is -3.61. The summed E-state index contributed by atoms with van der Waals surface area (Å²) in [4.78, 5) is 12.1. The number of sulfonamides is 1. The van der Waals surface area contributed by atoms with E-state index >= 15 is 0 Å². The number of hydrogen-bond donors (Lipinski definition) is 1. The minimum absolute atomic E-state index is 0.0396. The summed E-state index contributed by atoms with van der Waals surface area (Å²) in [7, 11) is -3.61. The minimum Gasteiger partial charge on any atom is -0.438 e. The van der Waals surface area contributed by atoms with E-state index in [1.54, 1.807) is 0 Å². The van der Waals surface area contributed by atoms with Gasteiger partial charge in [0.1, 0.15) is 0 Å². The van der Waals surface area contributed by atoms with Gasteiger partial charge in [0.25, 0.3) is 15.9 Å². The monoisotopic (exact) mass is 342 g/mol. The smallest absolute Gasteiger partial charge is 0.287 e. The Morgan fingerprint density at radius 1 is 1.30 bits per heavy atom. The number of nitrogens with one attached hydrogen (secondary N) is 1. The molecule has 1 aromatic rings. The van der Waals surface area contributed by atoms with Gasteiger partial charge >= 0.3 is 0 Å². The average Bonchev–Trinajstić information content (AvgIpc) is 3.19. The van der Waals surface area contributed by atoms with E-state index in [9.17, 15) is 13.2 Å².